The fourth-order valence-electron chi connectivity index (χ4n) is 1.99. The Morgan fingerprint density at radius 3 is 2.73 bits per heavy atom. The zero-order chi connectivity index (χ0) is 16.3. The summed E-state index contributed by atoms with van der Waals surface area (Å²) in [5.74, 6) is 0.123. The van der Waals surface area contributed by atoms with E-state index in [-0.39, 0.29) is 11.0 Å². The monoisotopic (exact) mass is 335 g/mol. The normalized spacial score (nSPS) is 13.3. The number of hydrogen-bond acceptors (Lipinski definition) is 5. The number of halogens is 4. The Balaban J connectivity index is 2.42. The van der Waals surface area contributed by atoms with Gasteiger partial charge in [-0.2, -0.15) is 13.2 Å². The van der Waals surface area contributed by atoms with Crippen molar-refractivity contribution in [3.05, 3.63) is 35.0 Å². The number of hydrogen-bond donors (Lipinski definition) is 1. The van der Waals surface area contributed by atoms with Gasteiger partial charge in [-0.05, 0) is 12.5 Å². The molecule has 0 aliphatic rings. The predicted molar refractivity (Wildman–Crippen MR) is 73.3 cm³/mol. The maximum Gasteiger partial charge on any atom is 0.434 e. The standard InChI is InChI=1S/C12H13ClF3N5O/c1-22-3-2-8(7-4-10(17)19-20-11(7)13)21-5-9(18-6-21)12(14,15)16/h4-6,8H,2-3H2,1H3,(H2,17,19)/t8-/m1/s1. The van der Waals surface area contributed by atoms with E-state index in [4.69, 9.17) is 22.1 Å². The van der Waals surface area contributed by atoms with E-state index in [1.807, 2.05) is 0 Å². The molecule has 0 saturated heterocycles. The van der Waals surface area contributed by atoms with Crippen LogP contribution in [0.2, 0.25) is 5.15 Å². The van der Waals surface area contributed by atoms with E-state index in [1.54, 1.807) is 0 Å². The van der Waals surface area contributed by atoms with Gasteiger partial charge in [0.25, 0.3) is 0 Å². The van der Waals surface area contributed by atoms with Crippen LogP contribution in [0.3, 0.4) is 0 Å². The summed E-state index contributed by atoms with van der Waals surface area (Å²) in [4.78, 5) is 3.38. The molecule has 2 rings (SSSR count). The highest BCUT2D eigenvalue weighted by Gasteiger charge is 2.34. The number of anilines is 1. The molecule has 10 heteroatoms. The summed E-state index contributed by atoms with van der Waals surface area (Å²) in [6.07, 6.45) is -2.14. The molecule has 0 unspecified atom stereocenters. The van der Waals surface area contributed by atoms with Crippen LogP contribution in [0.5, 0.6) is 0 Å². The first-order valence-electron chi connectivity index (χ1n) is 6.21. The van der Waals surface area contributed by atoms with E-state index in [0.29, 0.717) is 18.6 Å². The number of nitrogens with two attached hydrogens (primary N) is 1. The van der Waals surface area contributed by atoms with Crippen molar-refractivity contribution in [1.29, 1.82) is 0 Å². The molecule has 1 atom stereocenters. The summed E-state index contributed by atoms with van der Waals surface area (Å²) in [6.45, 7) is 0.308. The second-order valence-electron chi connectivity index (χ2n) is 4.52. The molecular weight excluding hydrogens is 323 g/mol. The van der Waals surface area contributed by atoms with E-state index in [1.165, 1.54) is 17.7 Å². The third kappa shape index (κ3) is 3.66. The van der Waals surface area contributed by atoms with Crippen LogP contribution in [0.15, 0.2) is 18.6 Å². The third-order valence-electron chi connectivity index (χ3n) is 3.00. The van der Waals surface area contributed by atoms with Gasteiger partial charge in [0.1, 0.15) is 5.82 Å². The molecule has 22 heavy (non-hydrogen) atoms. The summed E-state index contributed by atoms with van der Waals surface area (Å²) in [5, 5.41) is 7.35. The van der Waals surface area contributed by atoms with Crippen LogP contribution in [0, 0.1) is 0 Å². The van der Waals surface area contributed by atoms with Gasteiger partial charge < -0.3 is 15.0 Å². The predicted octanol–water partition coefficient (Wildman–Crippen LogP) is 2.55. The highest BCUT2D eigenvalue weighted by Crippen LogP contribution is 2.32. The molecule has 0 radical (unpaired) electrons. The number of ether oxygens (including phenoxy) is 1. The number of alkyl halides is 3. The Kier molecular flexibility index (Phi) is 4.87. The fourth-order valence-corrected chi connectivity index (χ4v) is 2.21. The Bertz CT molecular complexity index is 646. The van der Waals surface area contributed by atoms with E-state index >= 15 is 0 Å². The van der Waals surface area contributed by atoms with Gasteiger partial charge in [-0.25, -0.2) is 4.98 Å². The minimum Gasteiger partial charge on any atom is -0.385 e. The quantitative estimate of drug-likeness (QED) is 0.908. The van der Waals surface area contributed by atoms with Gasteiger partial charge in [-0.15, -0.1) is 10.2 Å². The van der Waals surface area contributed by atoms with E-state index in [9.17, 15) is 13.2 Å². The SMILES string of the molecule is COCC[C@H](c1cc(N)nnc1Cl)n1cnc(C(F)(F)F)c1. The van der Waals surface area contributed by atoms with Gasteiger partial charge in [-0.3, -0.25) is 0 Å². The van der Waals surface area contributed by atoms with E-state index < -0.39 is 17.9 Å². The van der Waals surface area contributed by atoms with Crippen molar-refractivity contribution in [2.45, 2.75) is 18.6 Å². The Morgan fingerprint density at radius 1 is 1.41 bits per heavy atom. The minimum atomic E-state index is -4.52. The van der Waals surface area contributed by atoms with Crippen molar-refractivity contribution in [1.82, 2.24) is 19.7 Å². The van der Waals surface area contributed by atoms with Gasteiger partial charge >= 0.3 is 6.18 Å². The molecule has 0 fully saturated rings. The number of nitrogen functional groups attached to an aromatic ring is 1. The molecule has 0 bridgehead atoms. The number of nitrogens with zero attached hydrogens (tertiary/aromatic N) is 4. The van der Waals surface area contributed by atoms with E-state index in [0.717, 1.165) is 12.5 Å². The van der Waals surface area contributed by atoms with Crippen LogP contribution in [0.1, 0.15) is 23.7 Å². The number of aromatic nitrogens is 4. The van der Waals surface area contributed by atoms with Crippen molar-refractivity contribution in [3.63, 3.8) is 0 Å². The number of rotatable bonds is 5. The Morgan fingerprint density at radius 2 is 2.14 bits per heavy atom. The lowest BCUT2D eigenvalue weighted by molar-refractivity contribution is -0.141. The first-order chi connectivity index (χ1) is 10.3. The van der Waals surface area contributed by atoms with E-state index in [2.05, 4.69) is 15.2 Å². The van der Waals surface area contributed by atoms with Crippen LogP contribution >= 0.6 is 11.6 Å². The average molecular weight is 336 g/mol. The molecular formula is C12H13ClF3N5O. The molecule has 2 heterocycles. The van der Waals surface area contributed by atoms with Crippen molar-refractivity contribution in [2.24, 2.45) is 0 Å². The van der Waals surface area contributed by atoms with Gasteiger partial charge in [-0.1, -0.05) is 11.6 Å². The minimum absolute atomic E-state index is 0.0672. The molecule has 2 aromatic heterocycles. The van der Waals surface area contributed by atoms with Crippen LogP contribution in [0.4, 0.5) is 19.0 Å². The number of methoxy groups -OCH3 is 1. The van der Waals surface area contributed by atoms with Crippen LogP contribution in [0.25, 0.3) is 0 Å². The second-order valence-corrected chi connectivity index (χ2v) is 4.87. The smallest absolute Gasteiger partial charge is 0.385 e. The summed E-state index contributed by atoms with van der Waals surface area (Å²) < 4.78 is 44.4. The first kappa shape index (κ1) is 16.5. The summed E-state index contributed by atoms with van der Waals surface area (Å²) in [5.41, 5.74) is 5.05. The molecule has 2 N–H and O–H groups in total. The zero-order valence-electron chi connectivity index (χ0n) is 11.5. The van der Waals surface area contributed by atoms with Crippen molar-refractivity contribution in [2.75, 3.05) is 19.5 Å². The maximum absolute atomic E-state index is 12.7. The average Bonchev–Trinajstić information content (AvgIpc) is 2.92. The summed E-state index contributed by atoms with van der Waals surface area (Å²) in [6, 6.07) is 0.928. The fraction of sp³-hybridized carbons (Fsp3) is 0.417. The molecule has 0 aromatic carbocycles. The first-order valence-corrected chi connectivity index (χ1v) is 6.59. The molecule has 0 amide bonds. The van der Waals surface area contributed by atoms with Crippen molar-refractivity contribution < 1.29 is 17.9 Å². The maximum atomic E-state index is 12.7. The van der Waals surface area contributed by atoms with Crippen LogP contribution in [-0.2, 0) is 10.9 Å². The highest BCUT2D eigenvalue weighted by molar-refractivity contribution is 6.30. The van der Waals surface area contributed by atoms with Crippen LogP contribution in [-0.4, -0.2) is 33.5 Å². The van der Waals surface area contributed by atoms with Crippen LogP contribution < -0.4 is 5.73 Å². The van der Waals surface area contributed by atoms with Gasteiger partial charge in [0, 0.05) is 25.5 Å². The molecule has 2 aromatic rings. The van der Waals surface area contributed by atoms with Gasteiger partial charge in [0.15, 0.2) is 10.8 Å². The summed E-state index contributed by atoms with van der Waals surface area (Å²) >= 11 is 5.99. The third-order valence-corrected chi connectivity index (χ3v) is 3.29. The van der Waals surface area contributed by atoms with Crippen molar-refractivity contribution >= 4 is 17.4 Å². The lowest BCUT2D eigenvalue weighted by Crippen LogP contribution is -2.14. The molecule has 0 aliphatic heterocycles. The molecule has 0 spiro atoms. The highest BCUT2D eigenvalue weighted by atomic mass is 35.5. The van der Waals surface area contributed by atoms with Crippen molar-refractivity contribution in [3.8, 4) is 0 Å². The lowest BCUT2D eigenvalue weighted by Gasteiger charge is -2.19. The summed E-state index contributed by atoms with van der Waals surface area (Å²) in [7, 11) is 1.49. The Labute approximate surface area is 129 Å². The zero-order valence-corrected chi connectivity index (χ0v) is 12.3. The second kappa shape index (κ2) is 6.49. The number of imidazole rings is 1. The topological polar surface area (TPSA) is 78.9 Å². The molecule has 0 saturated carbocycles. The molecule has 6 nitrogen and oxygen atoms in total. The lowest BCUT2D eigenvalue weighted by atomic mass is 10.1. The van der Waals surface area contributed by atoms with Gasteiger partial charge in [0.05, 0.1) is 12.4 Å². The largest absolute Gasteiger partial charge is 0.434 e. The molecule has 0 aliphatic carbocycles. The molecule has 120 valence electrons. The Hall–Kier alpha value is -1.87. The van der Waals surface area contributed by atoms with Gasteiger partial charge in [0.2, 0.25) is 0 Å².